The molecule has 0 spiro atoms. The molecule has 1 heterocycles. The Morgan fingerprint density at radius 3 is 2.25 bits per heavy atom. The lowest BCUT2D eigenvalue weighted by atomic mass is 10.2. The van der Waals surface area contributed by atoms with Gasteiger partial charge < -0.3 is 10.5 Å². The van der Waals surface area contributed by atoms with E-state index in [1.807, 2.05) is 0 Å². The lowest BCUT2D eigenvalue weighted by Crippen LogP contribution is -2.32. The lowest BCUT2D eigenvalue weighted by Gasteiger charge is -2.20. The van der Waals surface area contributed by atoms with Crippen molar-refractivity contribution >= 4 is 15.9 Å². The lowest BCUT2D eigenvalue weighted by molar-refractivity contribution is 0.100. The van der Waals surface area contributed by atoms with Gasteiger partial charge in [-0.15, -0.1) is 0 Å². The topological polar surface area (TPSA) is 86.5 Å². The van der Waals surface area contributed by atoms with Crippen LogP contribution in [0.15, 0.2) is 0 Å². The van der Waals surface area contributed by atoms with Crippen molar-refractivity contribution in [1.82, 2.24) is 0 Å². The minimum atomic E-state index is -2.88. The molecule has 0 aliphatic carbocycles. The molecule has 0 bridgehead atoms. The number of hydrogen-bond donors (Lipinski definition) is 1. The molecule has 1 aliphatic heterocycles. The molecule has 1 amide bonds. The molecule has 0 unspecified atom stereocenters. The number of carbonyl (C=O) groups excluding carboxylic acids is 1. The van der Waals surface area contributed by atoms with E-state index >= 15 is 0 Å². The monoisotopic (exact) mass is 193 g/mol. The maximum atomic E-state index is 10.9. The number of carbonyl (C=O) groups is 1. The van der Waals surface area contributed by atoms with E-state index in [0.717, 1.165) is 0 Å². The number of rotatable bonds is 1. The van der Waals surface area contributed by atoms with E-state index in [-0.39, 0.29) is 17.6 Å². The molecular weight excluding hydrogens is 182 g/mol. The Kier molecular flexibility index (Phi) is 2.56. The molecule has 70 valence electrons. The Morgan fingerprint density at radius 2 is 1.83 bits per heavy atom. The summed E-state index contributed by atoms with van der Waals surface area (Å²) >= 11 is 0. The molecule has 2 N–H and O–H groups in total. The molecule has 0 aromatic rings. The van der Waals surface area contributed by atoms with Crippen molar-refractivity contribution in [2.45, 2.75) is 18.9 Å². The van der Waals surface area contributed by atoms with Crippen LogP contribution in [0.1, 0.15) is 12.8 Å². The summed E-state index contributed by atoms with van der Waals surface area (Å²) in [5, 5.41) is 0. The van der Waals surface area contributed by atoms with Crippen LogP contribution in [0.25, 0.3) is 0 Å². The zero-order valence-electron chi connectivity index (χ0n) is 6.52. The van der Waals surface area contributed by atoms with Crippen molar-refractivity contribution in [3.63, 3.8) is 0 Å². The third kappa shape index (κ3) is 2.69. The highest BCUT2D eigenvalue weighted by Crippen LogP contribution is 2.14. The van der Waals surface area contributed by atoms with Gasteiger partial charge >= 0.3 is 6.09 Å². The Hall–Kier alpha value is -0.780. The fraction of sp³-hybridized carbons (Fsp3) is 0.833. The molecule has 6 heteroatoms. The van der Waals surface area contributed by atoms with E-state index < -0.39 is 15.9 Å². The maximum absolute atomic E-state index is 10.9. The van der Waals surface area contributed by atoms with Gasteiger partial charge in [0, 0.05) is 0 Å². The van der Waals surface area contributed by atoms with Crippen molar-refractivity contribution in [2.24, 2.45) is 5.73 Å². The highest BCUT2D eigenvalue weighted by molar-refractivity contribution is 7.91. The van der Waals surface area contributed by atoms with Gasteiger partial charge in [0.1, 0.15) is 6.10 Å². The zero-order valence-corrected chi connectivity index (χ0v) is 7.34. The molecule has 12 heavy (non-hydrogen) atoms. The van der Waals surface area contributed by atoms with Gasteiger partial charge in [0.15, 0.2) is 9.84 Å². The average Bonchev–Trinajstić information content (AvgIpc) is 1.93. The van der Waals surface area contributed by atoms with E-state index in [1.165, 1.54) is 0 Å². The Bertz CT molecular complexity index is 257. The summed E-state index contributed by atoms with van der Waals surface area (Å²) in [6, 6.07) is 0. The molecule has 0 saturated carbocycles. The fourth-order valence-electron chi connectivity index (χ4n) is 1.15. The van der Waals surface area contributed by atoms with Crippen molar-refractivity contribution in [3.05, 3.63) is 0 Å². The van der Waals surface area contributed by atoms with Crippen molar-refractivity contribution < 1.29 is 17.9 Å². The third-order valence-corrected chi connectivity index (χ3v) is 3.50. The molecule has 1 saturated heterocycles. The first-order chi connectivity index (χ1) is 5.49. The Morgan fingerprint density at radius 1 is 1.33 bits per heavy atom. The van der Waals surface area contributed by atoms with E-state index in [2.05, 4.69) is 4.74 Å². The summed E-state index contributed by atoms with van der Waals surface area (Å²) in [6.45, 7) is 0. The number of hydrogen-bond acceptors (Lipinski definition) is 4. The van der Waals surface area contributed by atoms with Gasteiger partial charge in [0.2, 0.25) is 0 Å². The predicted molar refractivity (Wildman–Crippen MR) is 42.3 cm³/mol. The minimum absolute atomic E-state index is 0.0882. The van der Waals surface area contributed by atoms with Gasteiger partial charge in [-0.05, 0) is 12.8 Å². The zero-order chi connectivity index (χ0) is 9.19. The number of primary amides is 1. The smallest absolute Gasteiger partial charge is 0.404 e. The summed E-state index contributed by atoms with van der Waals surface area (Å²) in [5.41, 5.74) is 4.78. The normalized spacial score (nSPS) is 23.3. The fourth-order valence-corrected chi connectivity index (χ4v) is 2.60. The SMILES string of the molecule is NC(=O)OC1CCS(=O)(=O)CC1. The Balaban J connectivity index is 2.41. The molecule has 0 aromatic carbocycles. The first kappa shape index (κ1) is 9.31. The van der Waals surface area contributed by atoms with Gasteiger partial charge in [-0.2, -0.15) is 0 Å². The van der Waals surface area contributed by atoms with Crippen LogP contribution in [0, 0.1) is 0 Å². The molecule has 1 aliphatic rings. The van der Waals surface area contributed by atoms with Crippen LogP contribution < -0.4 is 5.73 Å². The van der Waals surface area contributed by atoms with Crippen LogP contribution in [-0.4, -0.2) is 32.1 Å². The minimum Gasteiger partial charge on any atom is -0.446 e. The quantitative estimate of drug-likeness (QED) is 0.617. The second-order valence-electron chi connectivity index (χ2n) is 2.79. The number of nitrogens with two attached hydrogens (primary N) is 1. The van der Waals surface area contributed by atoms with Crippen LogP contribution in [0.2, 0.25) is 0 Å². The molecule has 1 fully saturated rings. The van der Waals surface area contributed by atoms with E-state index in [1.54, 1.807) is 0 Å². The third-order valence-electron chi connectivity index (χ3n) is 1.78. The van der Waals surface area contributed by atoms with Gasteiger partial charge in [-0.25, -0.2) is 13.2 Å². The van der Waals surface area contributed by atoms with Crippen LogP contribution >= 0.6 is 0 Å². The summed E-state index contributed by atoms with van der Waals surface area (Å²) < 4.78 is 26.5. The van der Waals surface area contributed by atoms with Gasteiger partial charge in [0.25, 0.3) is 0 Å². The van der Waals surface area contributed by atoms with Gasteiger partial charge in [-0.3, -0.25) is 0 Å². The standard InChI is InChI=1S/C6H11NO4S/c7-6(8)11-5-1-3-12(9,10)4-2-5/h5H,1-4H2,(H2,7,8). The first-order valence-electron chi connectivity index (χ1n) is 3.66. The summed E-state index contributed by atoms with van der Waals surface area (Å²) in [6.07, 6.45) is -0.415. The maximum Gasteiger partial charge on any atom is 0.404 e. The highest BCUT2D eigenvalue weighted by Gasteiger charge is 2.25. The second-order valence-corrected chi connectivity index (χ2v) is 5.09. The van der Waals surface area contributed by atoms with Crippen LogP contribution in [0.4, 0.5) is 4.79 Å². The molecule has 0 aromatic heterocycles. The average molecular weight is 193 g/mol. The van der Waals surface area contributed by atoms with E-state index in [0.29, 0.717) is 12.8 Å². The van der Waals surface area contributed by atoms with E-state index in [9.17, 15) is 13.2 Å². The van der Waals surface area contributed by atoms with Crippen LogP contribution in [0.5, 0.6) is 0 Å². The van der Waals surface area contributed by atoms with Crippen molar-refractivity contribution in [3.8, 4) is 0 Å². The van der Waals surface area contributed by atoms with Crippen molar-refractivity contribution in [2.75, 3.05) is 11.5 Å². The highest BCUT2D eigenvalue weighted by atomic mass is 32.2. The number of amides is 1. The van der Waals surface area contributed by atoms with Gasteiger partial charge in [0.05, 0.1) is 11.5 Å². The molecule has 1 rings (SSSR count). The molecule has 0 atom stereocenters. The number of ether oxygens (including phenoxy) is 1. The summed E-state index contributed by atoms with van der Waals surface area (Å²) in [5.74, 6) is 0.176. The first-order valence-corrected chi connectivity index (χ1v) is 5.48. The molecular formula is C6H11NO4S. The largest absolute Gasteiger partial charge is 0.446 e. The molecule has 0 radical (unpaired) electrons. The van der Waals surface area contributed by atoms with Crippen molar-refractivity contribution in [1.29, 1.82) is 0 Å². The predicted octanol–water partition coefficient (Wildman–Crippen LogP) is -0.341. The Labute approximate surface area is 70.8 Å². The van der Waals surface area contributed by atoms with E-state index in [4.69, 9.17) is 5.73 Å². The number of sulfone groups is 1. The van der Waals surface area contributed by atoms with Gasteiger partial charge in [-0.1, -0.05) is 0 Å². The second kappa shape index (κ2) is 3.30. The summed E-state index contributed by atoms with van der Waals surface area (Å²) in [4.78, 5) is 10.3. The summed E-state index contributed by atoms with van der Waals surface area (Å²) in [7, 11) is -2.88. The van der Waals surface area contributed by atoms with Crippen LogP contribution in [-0.2, 0) is 14.6 Å². The van der Waals surface area contributed by atoms with Crippen LogP contribution in [0.3, 0.4) is 0 Å². The molecule has 5 nitrogen and oxygen atoms in total.